The van der Waals surface area contributed by atoms with Gasteiger partial charge in [0, 0.05) is 35.2 Å². The smallest absolute Gasteiger partial charge is 0.290 e. The van der Waals surface area contributed by atoms with E-state index in [4.69, 9.17) is 19.4 Å². The number of nitrogens with one attached hydrogen (secondary N) is 1. The molecule has 1 fully saturated rings. The molecule has 1 heterocycles. The number of ether oxygens (including phenoxy) is 2. The van der Waals surface area contributed by atoms with Crippen molar-refractivity contribution in [3.05, 3.63) is 98.2 Å². The molecule has 1 aliphatic carbocycles. The van der Waals surface area contributed by atoms with E-state index in [1.54, 1.807) is 6.07 Å². The number of nitrogens with zero attached hydrogens (tertiary/aromatic N) is 1. The lowest BCUT2D eigenvalue weighted by Crippen LogP contribution is -2.39. The van der Waals surface area contributed by atoms with Crippen LogP contribution in [0.25, 0.3) is 5.57 Å². The Hall–Kier alpha value is -3.21. The Kier molecular flexibility index (Phi) is 11.4. The average Bonchev–Trinajstić information content (AvgIpc) is 3.83. The normalized spacial score (nSPS) is 14.5. The summed E-state index contributed by atoms with van der Waals surface area (Å²) in [6.07, 6.45) is 2.90. The van der Waals surface area contributed by atoms with E-state index in [1.807, 2.05) is 47.4 Å². The lowest BCUT2D eigenvalue weighted by molar-refractivity contribution is -0.128. The van der Waals surface area contributed by atoms with Crippen molar-refractivity contribution in [3.63, 3.8) is 0 Å². The number of carbonyl (C=O) groups is 2. The summed E-state index contributed by atoms with van der Waals surface area (Å²) in [4.78, 5) is 24.2. The molecule has 3 aromatic rings. The van der Waals surface area contributed by atoms with E-state index in [9.17, 15) is 9.18 Å². The second-order valence-corrected chi connectivity index (χ2v) is 11.2. The third-order valence-electron chi connectivity index (χ3n) is 6.73. The van der Waals surface area contributed by atoms with Gasteiger partial charge in [0.1, 0.15) is 30.5 Å². The second kappa shape index (κ2) is 15.1. The maximum atomic E-state index is 13.8. The number of hydrogen-bond acceptors (Lipinski definition) is 5. The number of hydrogen-bond donors (Lipinski definition) is 2. The minimum atomic E-state index is -0.349. The van der Waals surface area contributed by atoms with Gasteiger partial charge in [-0.15, -0.1) is 0 Å². The first-order chi connectivity index (χ1) is 19.9. The van der Waals surface area contributed by atoms with Crippen LogP contribution in [0.3, 0.4) is 0 Å². The molecule has 0 unspecified atom stereocenters. The lowest BCUT2D eigenvalue weighted by Gasteiger charge is -2.28. The van der Waals surface area contributed by atoms with Gasteiger partial charge in [-0.2, -0.15) is 0 Å². The van der Waals surface area contributed by atoms with Crippen LogP contribution in [0.1, 0.15) is 30.4 Å². The van der Waals surface area contributed by atoms with Gasteiger partial charge in [0.25, 0.3) is 12.4 Å². The quantitative estimate of drug-likeness (QED) is 0.188. The van der Waals surface area contributed by atoms with Crippen molar-refractivity contribution in [2.45, 2.75) is 31.8 Å². The maximum Gasteiger partial charge on any atom is 0.290 e. The molecule has 2 aliphatic rings. The molecule has 1 aliphatic heterocycles. The standard InChI is InChI=1S/C30H29Br2FN2O3.CH2O2/c31-27-4-2-1-3-21(27)19-35(23-8-9-23)30(36)26-18-34-14-13-25(26)20-5-10-24(11-6-20)37-15-16-38-29-17-22(33)7-12-28(29)32;2-1-3/h1-7,10-12,17,23,34H,8-9,13-16,18-19H2;1H,(H,2,3). The Bertz CT molecular complexity index is 1380. The van der Waals surface area contributed by atoms with Crippen LogP contribution in [0.2, 0.25) is 0 Å². The number of benzene rings is 3. The minimum Gasteiger partial charge on any atom is -0.490 e. The van der Waals surface area contributed by atoms with Gasteiger partial charge in [-0.1, -0.05) is 46.3 Å². The van der Waals surface area contributed by atoms with E-state index in [0.717, 1.165) is 52.6 Å². The zero-order chi connectivity index (χ0) is 29.2. The molecule has 0 atom stereocenters. The molecule has 0 radical (unpaired) electrons. The lowest BCUT2D eigenvalue weighted by atomic mass is 9.93. The predicted octanol–water partition coefficient (Wildman–Crippen LogP) is 6.45. The summed E-state index contributed by atoms with van der Waals surface area (Å²) < 4.78 is 26.6. The molecule has 2 N–H and O–H groups in total. The first-order valence-electron chi connectivity index (χ1n) is 13.3. The number of halogens is 3. The van der Waals surface area contributed by atoms with Gasteiger partial charge in [0.05, 0.1) is 4.47 Å². The Labute approximate surface area is 255 Å². The van der Waals surface area contributed by atoms with Crippen LogP contribution in [0, 0.1) is 5.82 Å². The highest BCUT2D eigenvalue weighted by molar-refractivity contribution is 9.10. The van der Waals surface area contributed by atoms with E-state index in [1.165, 1.54) is 12.1 Å². The molecule has 0 saturated heterocycles. The van der Waals surface area contributed by atoms with Gasteiger partial charge in [-0.25, -0.2) is 4.39 Å². The van der Waals surface area contributed by atoms with Crippen LogP contribution in [0.5, 0.6) is 11.5 Å². The van der Waals surface area contributed by atoms with Crippen LogP contribution in [0.15, 0.2) is 81.2 Å². The molecule has 5 rings (SSSR count). The van der Waals surface area contributed by atoms with Gasteiger partial charge in [0.15, 0.2) is 0 Å². The maximum absolute atomic E-state index is 13.8. The summed E-state index contributed by atoms with van der Waals surface area (Å²) in [5.74, 6) is 0.926. The summed E-state index contributed by atoms with van der Waals surface area (Å²) in [5.41, 5.74) is 4.10. The third kappa shape index (κ3) is 8.64. The van der Waals surface area contributed by atoms with Crippen molar-refractivity contribution in [2.75, 3.05) is 26.3 Å². The molecule has 0 aromatic heterocycles. The monoisotopic (exact) mass is 688 g/mol. The fourth-order valence-electron chi connectivity index (χ4n) is 4.60. The molecule has 1 amide bonds. The van der Waals surface area contributed by atoms with Gasteiger partial charge in [0.2, 0.25) is 0 Å². The Morgan fingerprint density at radius 2 is 1.73 bits per heavy atom. The highest BCUT2D eigenvalue weighted by Crippen LogP contribution is 2.34. The molecule has 10 heteroatoms. The molecule has 7 nitrogen and oxygen atoms in total. The van der Waals surface area contributed by atoms with Crippen LogP contribution < -0.4 is 14.8 Å². The summed E-state index contributed by atoms with van der Waals surface area (Å²) in [5, 5.41) is 10.3. The molecule has 41 heavy (non-hydrogen) atoms. The number of carboxylic acid groups (broad SMARTS) is 1. The molecule has 0 spiro atoms. The average molecular weight is 690 g/mol. The highest BCUT2D eigenvalue weighted by atomic mass is 79.9. The summed E-state index contributed by atoms with van der Waals surface area (Å²) in [7, 11) is 0. The fraction of sp³-hybridized carbons (Fsp3) is 0.290. The van der Waals surface area contributed by atoms with E-state index in [2.05, 4.69) is 43.2 Å². The van der Waals surface area contributed by atoms with Crippen molar-refractivity contribution < 1.29 is 28.6 Å². The number of rotatable bonds is 10. The van der Waals surface area contributed by atoms with Crippen molar-refractivity contribution in [3.8, 4) is 11.5 Å². The third-order valence-corrected chi connectivity index (χ3v) is 8.16. The molecule has 1 saturated carbocycles. The fourth-order valence-corrected chi connectivity index (χ4v) is 5.37. The van der Waals surface area contributed by atoms with Crippen LogP contribution in [0.4, 0.5) is 4.39 Å². The Balaban J connectivity index is 0.00000124. The Morgan fingerprint density at radius 3 is 2.44 bits per heavy atom. The van der Waals surface area contributed by atoms with Crippen molar-refractivity contribution in [2.24, 2.45) is 0 Å². The topological polar surface area (TPSA) is 88.1 Å². The largest absolute Gasteiger partial charge is 0.490 e. The van der Waals surface area contributed by atoms with Crippen LogP contribution in [-0.4, -0.2) is 54.7 Å². The predicted molar refractivity (Wildman–Crippen MR) is 162 cm³/mol. The zero-order valence-corrected chi connectivity index (χ0v) is 25.5. The Morgan fingerprint density at radius 1 is 1.02 bits per heavy atom. The van der Waals surface area contributed by atoms with Gasteiger partial charge < -0.3 is 24.8 Å². The van der Waals surface area contributed by atoms with E-state index < -0.39 is 0 Å². The van der Waals surface area contributed by atoms with E-state index in [0.29, 0.717) is 41.7 Å². The number of carbonyl (C=O) groups excluding carboxylic acids is 1. The molecule has 3 aromatic carbocycles. The highest BCUT2D eigenvalue weighted by Gasteiger charge is 2.35. The van der Waals surface area contributed by atoms with Gasteiger partial charge >= 0.3 is 0 Å². The van der Waals surface area contributed by atoms with Crippen molar-refractivity contribution in [1.29, 1.82) is 0 Å². The number of amides is 1. The van der Waals surface area contributed by atoms with E-state index in [-0.39, 0.29) is 24.8 Å². The van der Waals surface area contributed by atoms with Crippen LogP contribution >= 0.6 is 31.9 Å². The van der Waals surface area contributed by atoms with Crippen LogP contribution in [-0.2, 0) is 16.1 Å². The SMILES string of the molecule is O=C(C1=C(c2ccc(OCCOc3cc(F)ccc3Br)cc2)CCNC1)N(Cc1ccccc1Br)C1CC1.O=CO. The first-order valence-corrected chi connectivity index (χ1v) is 14.9. The molecular formula is C31H31Br2FN2O5. The van der Waals surface area contributed by atoms with E-state index >= 15 is 0 Å². The van der Waals surface area contributed by atoms with Gasteiger partial charge in [-0.3, -0.25) is 9.59 Å². The summed E-state index contributed by atoms with van der Waals surface area (Å²) in [6, 6.07) is 20.6. The van der Waals surface area contributed by atoms with Crippen molar-refractivity contribution in [1.82, 2.24) is 10.2 Å². The molecular weight excluding hydrogens is 659 g/mol. The van der Waals surface area contributed by atoms with Crippen molar-refractivity contribution >= 4 is 49.8 Å². The molecule has 216 valence electrons. The second-order valence-electron chi connectivity index (χ2n) is 9.54. The minimum absolute atomic E-state index is 0.117. The summed E-state index contributed by atoms with van der Waals surface area (Å²) in [6.45, 7) is 2.37. The first kappa shape index (κ1) is 30.7. The molecule has 0 bridgehead atoms. The zero-order valence-electron chi connectivity index (χ0n) is 22.3. The van der Waals surface area contributed by atoms with Gasteiger partial charge in [-0.05, 0) is 88.8 Å². The summed E-state index contributed by atoms with van der Waals surface area (Å²) >= 11 is 6.99.